The Morgan fingerprint density at radius 3 is 2.35 bits per heavy atom. The van der Waals surface area contributed by atoms with Crippen LogP contribution in [0.2, 0.25) is 0 Å². The SMILES string of the molecule is Cc1ccc(C)c(N2CCN(C(=O)C(C)n3nc(-c4ccccc4)ccc3=O)CC2)c1. The van der Waals surface area contributed by atoms with Crippen LogP contribution in [0.5, 0.6) is 0 Å². The highest BCUT2D eigenvalue weighted by atomic mass is 16.2. The van der Waals surface area contributed by atoms with Crippen LogP contribution in [0.15, 0.2) is 65.5 Å². The van der Waals surface area contributed by atoms with Crippen LogP contribution in [0.1, 0.15) is 24.1 Å². The summed E-state index contributed by atoms with van der Waals surface area (Å²) in [6.07, 6.45) is 0. The first-order valence-electron chi connectivity index (χ1n) is 10.7. The molecule has 6 heteroatoms. The van der Waals surface area contributed by atoms with E-state index in [-0.39, 0.29) is 11.5 Å². The van der Waals surface area contributed by atoms with E-state index in [1.807, 2.05) is 35.2 Å². The van der Waals surface area contributed by atoms with Crippen molar-refractivity contribution >= 4 is 11.6 Å². The molecule has 0 radical (unpaired) electrons. The van der Waals surface area contributed by atoms with Gasteiger partial charge in [0.05, 0.1) is 5.69 Å². The van der Waals surface area contributed by atoms with E-state index in [2.05, 4.69) is 42.0 Å². The molecule has 0 bridgehead atoms. The van der Waals surface area contributed by atoms with Crippen LogP contribution >= 0.6 is 0 Å². The van der Waals surface area contributed by atoms with Crippen LogP contribution in [-0.4, -0.2) is 46.8 Å². The second-order valence-electron chi connectivity index (χ2n) is 8.15. The Bertz CT molecular complexity index is 1130. The van der Waals surface area contributed by atoms with Gasteiger partial charge in [-0.25, -0.2) is 4.68 Å². The Labute approximate surface area is 182 Å². The zero-order valence-corrected chi connectivity index (χ0v) is 18.3. The normalized spacial score (nSPS) is 15.1. The molecular weight excluding hydrogens is 388 g/mol. The van der Waals surface area contributed by atoms with Crippen molar-refractivity contribution in [1.29, 1.82) is 0 Å². The number of carbonyl (C=O) groups is 1. The molecule has 2 heterocycles. The number of rotatable bonds is 4. The quantitative estimate of drug-likeness (QED) is 0.654. The number of amides is 1. The second-order valence-corrected chi connectivity index (χ2v) is 8.15. The van der Waals surface area contributed by atoms with Gasteiger partial charge in [0.1, 0.15) is 6.04 Å². The number of piperazine rings is 1. The minimum absolute atomic E-state index is 0.0691. The Morgan fingerprint density at radius 2 is 1.65 bits per heavy atom. The van der Waals surface area contributed by atoms with Gasteiger partial charge in [-0.15, -0.1) is 0 Å². The Hall–Kier alpha value is -3.41. The molecule has 1 fully saturated rings. The maximum Gasteiger partial charge on any atom is 0.267 e. The average Bonchev–Trinajstić information content (AvgIpc) is 2.81. The molecule has 0 spiro atoms. The molecule has 31 heavy (non-hydrogen) atoms. The van der Waals surface area contributed by atoms with Crippen molar-refractivity contribution in [3.05, 3.63) is 82.1 Å². The van der Waals surface area contributed by atoms with E-state index in [0.717, 1.165) is 18.7 Å². The third-order valence-corrected chi connectivity index (χ3v) is 5.92. The lowest BCUT2D eigenvalue weighted by Gasteiger charge is -2.38. The molecule has 3 aromatic rings. The highest BCUT2D eigenvalue weighted by Crippen LogP contribution is 2.23. The molecule has 1 aliphatic heterocycles. The maximum absolute atomic E-state index is 13.2. The molecular formula is C25H28N4O2. The largest absolute Gasteiger partial charge is 0.368 e. The molecule has 1 unspecified atom stereocenters. The lowest BCUT2D eigenvalue weighted by molar-refractivity contribution is -0.135. The second kappa shape index (κ2) is 8.76. The fourth-order valence-corrected chi connectivity index (χ4v) is 4.06. The highest BCUT2D eigenvalue weighted by Gasteiger charge is 2.27. The van der Waals surface area contributed by atoms with Crippen LogP contribution in [0.3, 0.4) is 0 Å². The van der Waals surface area contributed by atoms with Gasteiger partial charge in [-0.05, 0) is 44.0 Å². The fraction of sp³-hybridized carbons (Fsp3) is 0.320. The monoisotopic (exact) mass is 416 g/mol. The third kappa shape index (κ3) is 4.38. The molecule has 0 saturated carbocycles. The van der Waals surface area contributed by atoms with E-state index in [1.165, 1.54) is 27.6 Å². The van der Waals surface area contributed by atoms with Gasteiger partial charge in [0, 0.05) is 43.5 Å². The van der Waals surface area contributed by atoms with Crippen LogP contribution in [0.25, 0.3) is 11.3 Å². The van der Waals surface area contributed by atoms with E-state index >= 15 is 0 Å². The molecule has 1 aromatic heterocycles. The zero-order valence-electron chi connectivity index (χ0n) is 18.3. The lowest BCUT2D eigenvalue weighted by atomic mass is 10.1. The predicted molar refractivity (Wildman–Crippen MR) is 123 cm³/mol. The predicted octanol–water partition coefficient (Wildman–Crippen LogP) is 3.44. The van der Waals surface area contributed by atoms with E-state index in [9.17, 15) is 9.59 Å². The molecule has 0 N–H and O–H groups in total. The first-order chi connectivity index (χ1) is 14.9. The van der Waals surface area contributed by atoms with Crippen LogP contribution < -0.4 is 10.5 Å². The highest BCUT2D eigenvalue weighted by molar-refractivity contribution is 5.80. The zero-order chi connectivity index (χ0) is 22.0. The number of hydrogen-bond acceptors (Lipinski definition) is 4. The van der Waals surface area contributed by atoms with Crippen LogP contribution in [0.4, 0.5) is 5.69 Å². The van der Waals surface area contributed by atoms with E-state index < -0.39 is 6.04 Å². The van der Waals surface area contributed by atoms with Crippen molar-refractivity contribution in [2.45, 2.75) is 26.8 Å². The number of hydrogen-bond donors (Lipinski definition) is 0. The topological polar surface area (TPSA) is 58.4 Å². The Kier molecular flexibility index (Phi) is 5.89. The molecule has 2 aromatic carbocycles. The maximum atomic E-state index is 13.2. The number of anilines is 1. The first kappa shape index (κ1) is 20.8. The molecule has 1 atom stereocenters. The number of aromatic nitrogens is 2. The number of carbonyl (C=O) groups excluding carboxylic acids is 1. The van der Waals surface area contributed by atoms with Crippen LogP contribution in [0, 0.1) is 13.8 Å². The summed E-state index contributed by atoms with van der Waals surface area (Å²) in [5, 5.41) is 4.49. The minimum Gasteiger partial charge on any atom is -0.368 e. The van der Waals surface area contributed by atoms with Gasteiger partial charge in [-0.1, -0.05) is 42.5 Å². The summed E-state index contributed by atoms with van der Waals surface area (Å²) in [6, 6.07) is 18.7. The Morgan fingerprint density at radius 1 is 0.935 bits per heavy atom. The molecule has 4 rings (SSSR count). The van der Waals surface area contributed by atoms with Crippen molar-refractivity contribution in [3.8, 4) is 11.3 Å². The first-order valence-corrected chi connectivity index (χ1v) is 10.7. The summed E-state index contributed by atoms with van der Waals surface area (Å²) < 4.78 is 1.31. The van der Waals surface area contributed by atoms with E-state index in [0.29, 0.717) is 18.8 Å². The van der Waals surface area contributed by atoms with Crippen molar-refractivity contribution in [2.24, 2.45) is 0 Å². The van der Waals surface area contributed by atoms with Crippen molar-refractivity contribution < 1.29 is 4.79 Å². The van der Waals surface area contributed by atoms with Gasteiger partial charge < -0.3 is 9.80 Å². The number of benzene rings is 2. The van der Waals surface area contributed by atoms with Crippen molar-refractivity contribution in [2.75, 3.05) is 31.1 Å². The van der Waals surface area contributed by atoms with Gasteiger partial charge in [0.2, 0.25) is 5.91 Å². The smallest absolute Gasteiger partial charge is 0.267 e. The average molecular weight is 417 g/mol. The Balaban J connectivity index is 1.48. The summed E-state index contributed by atoms with van der Waals surface area (Å²) in [4.78, 5) is 29.8. The standard InChI is InChI=1S/C25H28N4O2/c1-18-9-10-19(2)23(17-18)27-13-15-28(16-14-27)25(31)20(3)29-24(30)12-11-22(26-29)21-7-5-4-6-8-21/h4-12,17,20H,13-16H2,1-3H3. The molecule has 160 valence electrons. The van der Waals surface area contributed by atoms with Crippen LogP contribution in [-0.2, 0) is 4.79 Å². The van der Waals surface area contributed by atoms with E-state index in [1.54, 1.807) is 13.0 Å². The summed E-state index contributed by atoms with van der Waals surface area (Å²) in [5.41, 5.74) is 5.03. The van der Waals surface area contributed by atoms with Gasteiger partial charge in [-0.2, -0.15) is 5.10 Å². The summed E-state index contributed by atoms with van der Waals surface area (Å²) in [5.74, 6) is -0.0691. The summed E-state index contributed by atoms with van der Waals surface area (Å²) in [7, 11) is 0. The molecule has 1 saturated heterocycles. The molecule has 6 nitrogen and oxygen atoms in total. The third-order valence-electron chi connectivity index (χ3n) is 5.92. The van der Waals surface area contributed by atoms with Gasteiger partial charge in [0.25, 0.3) is 5.56 Å². The van der Waals surface area contributed by atoms with Gasteiger partial charge in [0.15, 0.2) is 0 Å². The van der Waals surface area contributed by atoms with Crippen molar-refractivity contribution in [3.63, 3.8) is 0 Å². The molecule has 1 amide bonds. The molecule has 0 aliphatic carbocycles. The summed E-state index contributed by atoms with van der Waals surface area (Å²) in [6.45, 7) is 8.77. The minimum atomic E-state index is -0.650. The number of aryl methyl sites for hydroxylation is 2. The van der Waals surface area contributed by atoms with E-state index in [4.69, 9.17) is 0 Å². The fourth-order valence-electron chi connectivity index (χ4n) is 4.06. The van der Waals surface area contributed by atoms with Gasteiger partial charge in [-0.3, -0.25) is 9.59 Å². The lowest BCUT2D eigenvalue weighted by Crippen LogP contribution is -2.51. The van der Waals surface area contributed by atoms with Gasteiger partial charge >= 0.3 is 0 Å². The summed E-state index contributed by atoms with van der Waals surface area (Å²) >= 11 is 0. The van der Waals surface area contributed by atoms with Crippen molar-refractivity contribution in [1.82, 2.24) is 14.7 Å². The number of nitrogens with zero attached hydrogens (tertiary/aromatic N) is 4. The molecule has 1 aliphatic rings.